The highest BCUT2D eigenvalue weighted by Gasteiger charge is 2.26. The van der Waals surface area contributed by atoms with E-state index in [1.54, 1.807) is 0 Å². The van der Waals surface area contributed by atoms with E-state index < -0.39 is 0 Å². The lowest BCUT2D eigenvalue weighted by atomic mass is 9.96. The number of piperidine rings is 1. The van der Waals surface area contributed by atoms with Gasteiger partial charge in [-0.2, -0.15) is 0 Å². The highest BCUT2D eigenvalue weighted by atomic mass is 15.2. The summed E-state index contributed by atoms with van der Waals surface area (Å²) in [5, 5.41) is 0. The minimum Gasteiger partial charge on any atom is -0.356 e. The average Bonchev–Trinajstić information content (AvgIpc) is 2.93. The number of aromatic nitrogens is 1. The minimum atomic E-state index is 0.572. The monoisotopic (exact) mass is 245 g/mol. The Kier molecular flexibility index (Phi) is 3.50. The van der Waals surface area contributed by atoms with Gasteiger partial charge in [0.25, 0.3) is 0 Å². The van der Waals surface area contributed by atoms with Crippen molar-refractivity contribution in [1.82, 2.24) is 9.88 Å². The van der Waals surface area contributed by atoms with Crippen molar-refractivity contribution in [2.24, 2.45) is 0 Å². The van der Waals surface area contributed by atoms with Crippen LogP contribution in [0.2, 0.25) is 0 Å². The molecular weight excluding hydrogens is 222 g/mol. The molecule has 2 saturated heterocycles. The number of rotatable bonds is 2. The van der Waals surface area contributed by atoms with Crippen molar-refractivity contribution in [3.63, 3.8) is 0 Å². The van der Waals surface area contributed by atoms with Crippen molar-refractivity contribution in [2.75, 3.05) is 31.6 Å². The molecule has 2 aliphatic heterocycles. The van der Waals surface area contributed by atoms with E-state index in [0.29, 0.717) is 6.04 Å². The molecule has 0 aromatic carbocycles. The lowest BCUT2D eigenvalue weighted by molar-refractivity contribution is 0.187. The van der Waals surface area contributed by atoms with E-state index in [-0.39, 0.29) is 0 Å². The number of hydrogen-bond acceptors (Lipinski definition) is 3. The van der Waals surface area contributed by atoms with Crippen LogP contribution in [0.5, 0.6) is 0 Å². The molecule has 0 bridgehead atoms. The Bertz CT molecular complexity index is 398. The van der Waals surface area contributed by atoms with Gasteiger partial charge in [-0.05, 0) is 45.3 Å². The van der Waals surface area contributed by atoms with Crippen LogP contribution in [0.3, 0.4) is 0 Å². The molecule has 3 nitrogen and oxygen atoms in total. The molecule has 1 aromatic heterocycles. The van der Waals surface area contributed by atoms with Crippen LogP contribution in [0.25, 0.3) is 0 Å². The summed E-state index contributed by atoms with van der Waals surface area (Å²) in [6, 6.07) is 4.95. The largest absolute Gasteiger partial charge is 0.356 e. The highest BCUT2D eigenvalue weighted by molar-refractivity contribution is 5.49. The molecule has 0 amide bonds. The number of hydrogen-bond donors (Lipinski definition) is 0. The smallest absolute Gasteiger partial charge is 0.133 e. The molecule has 3 heterocycles. The molecule has 1 aromatic rings. The van der Waals surface area contributed by atoms with Crippen molar-refractivity contribution in [3.8, 4) is 0 Å². The number of anilines is 1. The molecule has 0 unspecified atom stereocenters. The predicted octanol–water partition coefficient (Wildman–Crippen LogP) is 2.84. The van der Waals surface area contributed by atoms with Gasteiger partial charge in [0.1, 0.15) is 5.82 Å². The lowest BCUT2D eigenvalue weighted by Crippen LogP contribution is -2.31. The molecule has 0 radical (unpaired) electrons. The summed E-state index contributed by atoms with van der Waals surface area (Å²) in [6.07, 6.45) is 8.55. The van der Waals surface area contributed by atoms with Gasteiger partial charge in [0.05, 0.1) is 0 Å². The first-order valence-electron chi connectivity index (χ1n) is 7.26. The van der Waals surface area contributed by atoms with Gasteiger partial charge < -0.3 is 4.90 Å². The van der Waals surface area contributed by atoms with Crippen LogP contribution >= 0.6 is 0 Å². The summed E-state index contributed by atoms with van der Waals surface area (Å²) in [7, 11) is 2.25. The van der Waals surface area contributed by atoms with Gasteiger partial charge in [0, 0.05) is 30.9 Å². The van der Waals surface area contributed by atoms with Gasteiger partial charge in [-0.15, -0.1) is 0 Å². The van der Waals surface area contributed by atoms with Crippen molar-refractivity contribution >= 4 is 5.82 Å². The number of nitrogens with zero attached hydrogens (tertiary/aromatic N) is 3. The maximum atomic E-state index is 4.67. The predicted molar refractivity (Wildman–Crippen MR) is 74.9 cm³/mol. The van der Waals surface area contributed by atoms with Gasteiger partial charge in [0.15, 0.2) is 0 Å². The second-order valence-corrected chi connectivity index (χ2v) is 5.60. The van der Waals surface area contributed by atoms with E-state index in [4.69, 9.17) is 0 Å². The zero-order chi connectivity index (χ0) is 12.4. The van der Waals surface area contributed by atoms with E-state index in [1.165, 1.54) is 63.1 Å². The van der Waals surface area contributed by atoms with E-state index >= 15 is 0 Å². The van der Waals surface area contributed by atoms with E-state index in [9.17, 15) is 0 Å². The Balaban J connectivity index is 1.90. The third-order valence-corrected chi connectivity index (χ3v) is 4.35. The molecule has 0 aliphatic carbocycles. The van der Waals surface area contributed by atoms with Crippen LogP contribution in [0.1, 0.15) is 43.7 Å². The minimum absolute atomic E-state index is 0.572. The SMILES string of the molecule is CN1CCCC[C@@H]1c1cccnc1N1CCCC1. The first-order valence-corrected chi connectivity index (χ1v) is 7.26. The molecule has 2 fully saturated rings. The second-order valence-electron chi connectivity index (χ2n) is 5.60. The normalized spacial score (nSPS) is 25.6. The maximum absolute atomic E-state index is 4.67. The molecule has 0 saturated carbocycles. The molecule has 0 spiro atoms. The van der Waals surface area contributed by atoms with Crippen molar-refractivity contribution in [2.45, 2.75) is 38.1 Å². The van der Waals surface area contributed by atoms with Crippen LogP contribution in [0.15, 0.2) is 18.3 Å². The van der Waals surface area contributed by atoms with E-state index in [2.05, 4.69) is 34.0 Å². The molecule has 2 aliphatic rings. The van der Waals surface area contributed by atoms with Crippen LogP contribution in [0.4, 0.5) is 5.82 Å². The molecule has 3 rings (SSSR count). The van der Waals surface area contributed by atoms with Crippen molar-refractivity contribution in [1.29, 1.82) is 0 Å². The van der Waals surface area contributed by atoms with E-state index in [0.717, 1.165) is 0 Å². The summed E-state index contributed by atoms with van der Waals surface area (Å²) >= 11 is 0. The van der Waals surface area contributed by atoms with E-state index in [1.807, 2.05) is 6.20 Å². The average molecular weight is 245 g/mol. The fraction of sp³-hybridized carbons (Fsp3) is 0.667. The molecule has 3 heteroatoms. The van der Waals surface area contributed by atoms with Gasteiger partial charge in [-0.25, -0.2) is 4.98 Å². The van der Waals surface area contributed by atoms with Gasteiger partial charge in [-0.3, -0.25) is 4.90 Å². The molecule has 0 N–H and O–H groups in total. The zero-order valence-electron chi connectivity index (χ0n) is 11.3. The topological polar surface area (TPSA) is 19.4 Å². The summed E-state index contributed by atoms with van der Waals surface area (Å²) < 4.78 is 0. The fourth-order valence-corrected chi connectivity index (χ4v) is 3.33. The lowest BCUT2D eigenvalue weighted by Gasteiger charge is -2.34. The fourth-order valence-electron chi connectivity index (χ4n) is 3.33. The maximum Gasteiger partial charge on any atom is 0.133 e. The van der Waals surface area contributed by atoms with Crippen LogP contribution in [-0.4, -0.2) is 36.6 Å². The third-order valence-electron chi connectivity index (χ3n) is 4.35. The Labute approximate surface area is 110 Å². The van der Waals surface area contributed by atoms with Gasteiger partial charge in [0.2, 0.25) is 0 Å². The van der Waals surface area contributed by atoms with Crippen molar-refractivity contribution in [3.05, 3.63) is 23.9 Å². The zero-order valence-corrected chi connectivity index (χ0v) is 11.3. The number of pyridine rings is 1. The summed E-state index contributed by atoms with van der Waals surface area (Å²) in [5.74, 6) is 1.24. The molecule has 1 atom stereocenters. The van der Waals surface area contributed by atoms with Crippen molar-refractivity contribution < 1.29 is 0 Å². The Morgan fingerprint density at radius 3 is 2.67 bits per heavy atom. The summed E-state index contributed by atoms with van der Waals surface area (Å²) in [6.45, 7) is 3.58. The molecule has 18 heavy (non-hydrogen) atoms. The Hall–Kier alpha value is -1.09. The summed E-state index contributed by atoms with van der Waals surface area (Å²) in [5.41, 5.74) is 1.45. The Morgan fingerprint density at radius 2 is 1.89 bits per heavy atom. The second kappa shape index (κ2) is 5.27. The molecular formula is C15H23N3. The Morgan fingerprint density at radius 1 is 1.11 bits per heavy atom. The first-order chi connectivity index (χ1) is 8.86. The summed E-state index contributed by atoms with van der Waals surface area (Å²) in [4.78, 5) is 9.64. The quantitative estimate of drug-likeness (QED) is 0.798. The van der Waals surface area contributed by atoms with Crippen LogP contribution < -0.4 is 4.90 Å². The van der Waals surface area contributed by atoms with Gasteiger partial charge >= 0.3 is 0 Å². The van der Waals surface area contributed by atoms with Gasteiger partial charge in [-0.1, -0.05) is 12.5 Å². The number of likely N-dealkylation sites (tertiary alicyclic amines) is 1. The van der Waals surface area contributed by atoms with Crippen LogP contribution in [-0.2, 0) is 0 Å². The standard InChI is InChI=1S/C15H23N3/c1-17-10-3-2-8-14(17)13-7-6-9-16-15(13)18-11-4-5-12-18/h6-7,9,14H,2-5,8,10-12H2,1H3/t14-/m1/s1. The first kappa shape index (κ1) is 12.0. The molecule has 98 valence electrons. The third kappa shape index (κ3) is 2.24. The van der Waals surface area contributed by atoms with Crippen LogP contribution in [0, 0.1) is 0 Å². The highest BCUT2D eigenvalue weighted by Crippen LogP contribution is 2.35.